The Balaban J connectivity index is 1.89. The summed E-state index contributed by atoms with van der Waals surface area (Å²) in [6, 6.07) is 5.71. The molecule has 0 spiro atoms. The minimum atomic E-state index is 0.0188. The maximum atomic E-state index is 12.0. The zero-order chi connectivity index (χ0) is 13.1. The van der Waals surface area contributed by atoms with Crippen molar-refractivity contribution in [2.24, 2.45) is 5.92 Å². The molecule has 1 unspecified atom stereocenters. The summed E-state index contributed by atoms with van der Waals surface area (Å²) in [5, 5.41) is 3.02. The highest BCUT2D eigenvalue weighted by atomic mass is 79.9. The molecule has 1 atom stereocenters. The van der Waals surface area contributed by atoms with Gasteiger partial charge in [0.25, 0.3) is 5.91 Å². The number of carbonyl (C=O) groups is 1. The Morgan fingerprint density at radius 3 is 2.94 bits per heavy atom. The lowest BCUT2D eigenvalue weighted by Gasteiger charge is -2.12. The van der Waals surface area contributed by atoms with Gasteiger partial charge in [-0.25, -0.2) is 0 Å². The van der Waals surface area contributed by atoms with E-state index in [9.17, 15) is 4.79 Å². The van der Waals surface area contributed by atoms with E-state index >= 15 is 0 Å². The first-order valence-corrected chi connectivity index (χ1v) is 7.08. The molecule has 18 heavy (non-hydrogen) atoms. The fourth-order valence-corrected chi connectivity index (χ4v) is 2.64. The molecule has 1 heterocycles. The molecule has 0 aromatic heterocycles. The first kappa shape index (κ1) is 13.6. The van der Waals surface area contributed by atoms with Crippen LogP contribution < -0.4 is 5.32 Å². The summed E-state index contributed by atoms with van der Waals surface area (Å²) >= 11 is 3.45. The number of aryl methyl sites for hydroxylation is 1. The van der Waals surface area contributed by atoms with Gasteiger partial charge in [0.15, 0.2) is 0 Å². The lowest BCUT2D eigenvalue weighted by Crippen LogP contribution is -2.30. The van der Waals surface area contributed by atoms with Crippen LogP contribution in [-0.2, 0) is 0 Å². The number of halogens is 1. The van der Waals surface area contributed by atoms with E-state index in [-0.39, 0.29) is 5.91 Å². The molecule has 3 nitrogen and oxygen atoms in total. The normalized spacial score (nSPS) is 20.1. The number of hydrogen-bond donors (Lipinski definition) is 1. The largest absolute Gasteiger partial charge is 0.352 e. The third-order valence-electron chi connectivity index (χ3n) is 3.47. The number of nitrogens with one attached hydrogen (secondary N) is 1. The second-order valence-electron chi connectivity index (χ2n) is 5.09. The van der Waals surface area contributed by atoms with Gasteiger partial charge in [-0.3, -0.25) is 4.79 Å². The predicted octanol–water partition coefficient (Wildman–Crippen LogP) is 2.44. The zero-order valence-corrected chi connectivity index (χ0v) is 12.5. The van der Waals surface area contributed by atoms with Crippen molar-refractivity contribution < 1.29 is 4.79 Å². The first-order valence-electron chi connectivity index (χ1n) is 6.29. The fraction of sp³-hybridized carbons (Fsp3) is 0.500. The maximum Gasteiger partial charge on any atom is 0.251 e. The Labute approximate surface area is 117 Å². The molecule has 1 aromatic carbocycles. The van der Waals surface area contributed by atoms with Crippen LogP contribution in [0.4, 0.5) is 0 Å². The van der Waals surface area contributed by atoms with Crippen molar-refractivity contribution in [2.75, 3.05) is 26.7 Å². The number of carbonyl (C=O) groups excluding carboxylic acids is 1. The van der Waals surface area contributed by atoms with Gasteiger partial charge in [-0.05, 0) is 50.6 Å². The van der Waals surface area contributed by atoms with E-state index in [1.807, 2.05) is 25.1 Å². The van der Waals surface area contributed by atoms with E-state index in [2.05, 4.69) is 33.2 Å². The van der Waals surface area contributed by atoms with Crippen LogP contribution in [0.15, 0.2) is 22.7 Å². The van der Waals surface area contributed by atoms with Crippen LogP contribution in [-0.4, -0.2) is 37.5 Å². The molecule has 1 aliphatic rings. The van der Waals surface area contributed by atoms with Gasteiger partial charge in [-0.2, -0.15) is 0 Å². The van der Waals surface area contributed by atoms with Crippen LogP contribution in [0.2, 0.25) is 0 Å². The highest BCUT2D eigenvalue weighted by molar-refractivity contribution is 9.10. The minimum Gasteiger partial charge on any atom is -0.352 e. The van der Waals surface area contributed by atoms with Crippen LogP contribution in [0, 0.1) is 12.8 Å². The highest BCUT2D eigenvalue weighted by Gasteiger charge is 2.20. The zero-order valence-electron chi connectivity index (χ0n) is 10.9. The van der Waals surface area contributed by atoms with E-state index in [0.29, 0.717) is 5.92 Å². The van der Waals surface area contributed by atoms with Crippen molar-refractivity contribution in [3.05, 3.63) is 33.8 Å². The average molecular weight is 311 g/mol. The summed E-state index contributed by atoms with van der Waals surface area (Å²) < 4.78 is 0.982. The summed E-state index contributed by atoms with van der Waals surface area (Å²) in [4.78, 5) is 14.3. The lowest BCUT2D eigenvalue weighted by atomic mass is 10.1. The van der Waals surface area contributed by atoms with Gasteiger partial charge >= 0.3 is 0 Å². The van der Waals surface area contributed by atoms with E-state index in [4.69, 9.17) is 0 Å². The van der Waals surface area contributed by atoms with Gasteiger partial charge < -0.3 is 10.2 Å². The number of nitrogens with zero attached hydrogens (tertiary/aromatic N) is 1. The van der Waals surface area contributed by atoms with Crippen molar-refractivity contribution >= 4 is 21.8 Å². The maximum absolute atomic E-state index is 12.0. The second-order valence-corrected chi connectivity index (χ2v) is 5.95. The van der Waals surface area contributed by atoms with E-state index < -0.39 is 0 Å². The van der Waals surface area contributed by atoms with Crippen LogP contribution >= 0.6 is 15.9 Å². The van der Waals surface area contributed by atoms with Crippen LogP contribution in [0.25, 0.3) is 0 Å². The fourth-order valence-electron chi connectivity index (χ4n) is 2.27. The Hall–Kier alpha value is -0.870. The molecule has 1 fully saturated rings. The summed E-state index contributed by atoms with van der Waals surface area (Å²) in [6.45, 7) is 5.00. The summed E-state index contributed by atoms with van der Waals surface area (Å²) in [5.41, 5.74) is 1.86. The number of amides is 1. The van der Waals surface area contributed by atoms with Gasteiger partial charge in [0.2, 0.25) is 0 Å². The topological polar surface area (TPSA) is 32.3 Å². The van der Waals surface area contributed by atoms with Gasteiger partial charge in [-0.15, -0.1) is 0 Å². The Morgan fingerprint density at radius 1 is 1.56 bits per heavy atom. The van der Waals surface area contributed by atoms with Crippen LogP contribution in [0.1, 0.15) is 22.3 Å². The van der Waals surface area contributed by atoms with E-state index in [1.54, 1.807) is 0 Å². The second kappa shape index (κ2) is 5.85. The third-order valence-corrected chi connectivity index (χ3v) is 4.33. The van der Waals surface area contributed by atoms with E-state index in [0.717, 1.165) is 35.2 Å². The lowest BCUT2D eigenvalue weighted by molar-refractivity contribution is 0.0947. The Kier molecular flexibility index (Phi) is 4.40. The van der Waals surface area contributed by atoms with Crippen molar-refractivity contribution in [1.29, 1.82) is 0 Å². The molecule has 1 aromatic rings. The Bertz CT molecular complexity index is 447. The molecule has 1 N–H and O–H groups in total. The molecule has 1 aliphatic heterocycles. The molecule has 0 aliphatic carbocycles. The minimum absolute atomic E-state index is 0.0188. The molecular formula is C14H19BrN2O. The molecule has 1 saturated heterocycles. The number of benzene rings is 1. The van der Waals surface area contributed by atoms with Gasteiger partial charge in [-0.1, -0.05) is 22.0 Å². The summed E-state index contributed by atoms with van der Waals surface area (Å²) in [6.07, 6.45) is 1.17. The molecule has 4 heteroatoms. The van der Waals surface area contributed by atoms with Gasteiger partial charge in [0.1, 0.15) is 0 Å². The standard InChI is InChI=1S/C14H19BrN2O/c1-10-3-4-12(7-13(10)15)14(18)16-8-11-5-6-17(2)9-11/h3-4,7,11H,5-6,8-9H2,1-2H3,(H,16,18). The number of rotatable bonds is 3. The summed E-state index contributed by atoms with van der Waals surface area (Å²) in [7, 11) is 2.12. The number of hydrogen-bond acceptors (Lipinski definition) is 2. The molecule has 0 radical (unpaired) electrons. The SMILES string of the molecule is Cc1ccc(C(=O)NCC2CCN(C)C2)cc1Br. The van der Waals surface area contributed by atoms with Crippen molar-refractivity contribution in [3.8, 4) is 0 Å². The molecule has 98 valence electrons. The van der Waals surface area contributed by atoms with Gasteiger partial charge in [0, 0.05) is 23.1 Å². The third kappa shape index (κ3) is 3.33. The van der Waals surface area contributed by atoms with Crippen LogP contribution in [0.3, 0.4) is 0 Å². The van der Waals surface area contributed by atoms with E-state index in [1.165, 1.54) is 6.42 Å². The Morgan fingerprint density at radius 2 is 2.33 bits per heavy atom. The molecule has 1 amide bonds. The highest BCUT2D eigenvalue weighted by Crippen LogP contribution is 2.18. The molecule has 0 saturated carbocycles. The monoisotopic (exact) mass is 310 g/mol. The smallest absolute Gasteiger partial charge is 0.251 e. The summed E-state index contributed by atoms with van der Waals surface area (Å²) in [5.74, 6) is 0.609. The molecule has 2 rings (SSSR count). The van der Waals surface area contributed by atoms with Crippen molar-refractivity contribution in [1.82, 2.24) is 10.2 Å². The average Bonchev–Trinajstić information content (AvgIpc) is 2.75. The predicted molar refractivity (Wildman–Crippen MR) is 76.8 cm³/mol. The quantitative estimate of drug-likeness (QED) is 0.930. The first-order chi connectivity index (χ1) is 8.56. The molecule has 0 bridgehead atoms. The number of likely N-dealkylation sites (tertiary alicyclic amines) is 1. The molecular weight excluding hydrogens is 292 g/mol. The van der Waals surface area contributed by atoms with Crippen molar-refractivity contribution in [2.45, 2.75) is 13.3 Å². The van der Waals surface area contributed by atoms with Gasteiger partial charge in [0.05, 0.1) is 0 Å². The van der Waals surface area contributed by atoms with Crippen molar-refractivity contribution in [3.63, 3.8) is 0 Å². The van der Waals surface area contributed by atoms with Crippen LogP contribution in [0.5, 0.6) is 0 Å².